The Balaban J connectivity index is 1.45. The maximum Gasteiger partial charge on any atom is 0.341 e. The van der Waals surface area contributed by atoms with Gasteiger partial charge in [0.2, 0.25) is 5.91 Å². The van der Waals surface area contributed by atoms with Gasteiger partial charge in [-0.25, -0.2) is 13.6 Å². The number of ether oxygens (including phenoxy) is 2. The van der Waals surface area contributed by atoms with Gasteiger partial charge in [0.25, 0.3) is 0 Å². The molecule has 0 aliphatic heterocycles. The first-order chi connectivity index (χ1) is 18.2. The number of benzene rings is 1. The van der Waals surface area contributed by atoms with Gasteiger partial charge in [-0.2, -0.15) is 0 Å². The number of esters is 1. The van der Waals surface area contributed by atoms with E-state index >= 15 is 0 Å². The monoisotopic (exact) mass is 564 g/mol. The second kappa shape index (κ2) is 12.2. The van der Waals surface area contributed by atoms with Crippen molar-refractivity contribution in [2.45, 2.75) is 64.8 Å². The molecule has 204 valence electrons. The van der Waals surface area contributed by atoms with Gasteiger partial charge in [0.1, 0.15) is 10.8 Å². The molecule has 1 aliphatic carbocycles. The lowest BCUT2D eigenvalue weighted by atomic mass is 9.88. The summed E-state index contributed by atoms with van der Waals surface area (Å²) in [6.45, 7) is 8.28. The van der Waals surface area contributed by atoms with E-state index in [1.807, 2.05) is 6.92 Å². The van der Waals surface area contributed by atoms with Crippen LogP contribution in [0, 0.1) is 17.6 Å². The molecule has 1 N–H and O–H groups in total. The van der Waals surface area contributed by atoms with Crippen LogP contribution < -0.4 is 10.1 Å². The number of thiophene rings is 1. The average molecular weight is 565 g/mol. The van der Waals surface area contributed by atoms with Crippen LogP contribution in [-0.2, 0) is 28.9 Å². The number of carbonyl (C=O) groups excluding carboxylic acids is 2. The van der Waals surface area contributed by atoms with Crippen molar-refractivity contribution in [2.24, 2.45) is 5.92 Å². The number of nitrogens with zero attached hydrogens (tertiary/aromatic N) is 3. The predicted molar refractivity (Wildman–Crippen MR) is 142 cm³/mol. The Kier molecular flexibility index (Phi) is 9.03. The summed E-state index contributed by atoms with van der Waals surface area (Å²) in [5, 5.41) is 12.3. The van der Waals surface area contributed by atoms with Gasteiger partial charge in [0, 0.05) is 17.5 Å². The molecule has 38 heavy (non-hydrogen) atoms. The fourth-order valence-electron chi connectivity index (χ4n) is 4.37. The van der Waals surface area contributed by atoms with E-state index in [4.69, 9.17) is 9.47 Å². The van der Waals surface area contributed by atoms with Crippen molar-refractivity contribution in [2.75, 3.05) is 17.7 Å². The van der Waals surface area contributed by atoms with Crippen molar-refractivity contribution in [3.63, 3.8) is 0 Å². The van der Waals surface area contributed by atoms with Crippen LogP contribution in [0.15, 0.2) is 23.4 Å². The van der Waals surface area contributed by atoms with E-state index in [-0.39, 0.29) is 24.0 Å². The van der Waals surface area contributed by atoms with E-state index in [2.05, 4.69) is 22.4 Å². The second-order valence-electron chi connectivity index (χ2n) is 9.03. The highest BCUT2D eigenvalue weighted by Gasteiger charge is 2.29. The lowest BCUT2D eigenvalue weighted by Gasteiger charge is -2.18. The van der Waals surface area contributed by atoms with E-state index in [1.165, 1.54) is 29.2 Å². The zero-order valence-electron chi connectivity index (χ0n) is 21.7. The minimum Gasteiger partial charge on any atom is -0.480 e. The Bertz CT molecular complexity index is 1330. The lowest BCUT2D eigenvalue weighted by molar-refractivity contribution is -0.113. The molecule has 4 rings (SSSR count). The third kappa shape index (κ3) is 6.17. The fourth-order valence-corrected chi connectivity index (χ4v) is 6.59. The Morgan fingerprint density at radius 2 is 2.08 bits per heavy atom. The summed E-state index contributed by atoms with van der Waals surface area (Å²) >= 11 is 2.64. The van der Waals surface area contributed by atoms with Crippen molar-refractivity contribution in [3.8, 4) is 5.75 Å². The van der Waals surface area contributed by atoms with Crippen LogP contribution in [0.2, 0.25) is 0 Å². The summed E-state index contributed by atoms with van der Waals surface area (Å²) in [6.07, 6.45) is 1.99. The third-order valence-corrected chi connectivity index (χ3v) is 8.34. The molecular weight excluding hydrogens is 534 g/mol. The first-order valence-corrected chi connectivity index (χ1v) is 14.3. The first kappa shape index (κ1) is 28.0. The molecule has 2 heterocycles. The molecule has 0 fully saturated rings. The van der Waals surface area contributed by atoms with Crippen LogP contribution in [0.25, 0.3) is 0 Å². The molecule has 0 saturated carbocycles. The number of thioether (sulfide) groups is 1. The van der Waals surface area contributed by atoms with Crippen LogP contribution >= 0.6 is 23.1 Å². The largest absolute Gasteiger partial charge is 0.480 e. The van der Waals surface area contributed by atoms with Gasteiger partial charge in [-0.15, -0.1) is 21.5 Å². The molecule has 1 amide bonds. The summed E-state index contributed by atoms with van der Waals surface area (Å²) in [4.78, 5) is 26.7. The number of aromatic nitrogens is 3. The van der Waals surface area contributed by atoms with E-state index in [9.17, 15) is 18.4 Å². The Hall–Kier alpha value is -2.99. The molecule has 12 heteroatoms. The normalized spacial score (nSPS) is 15.6. The maximum atomic E-state index is 14.0. The van der Waals surface area contributed by atoms with Crippen molar-refractivity contribution in [1.82, 2.24) is 14.8 Å². The SMILES string of the molecule is CCOC(=O)c1c(NC(=O)CSc2nnc(C(C)Oc3ccc(F)cc3F)n2CC)sc2c1CCC(C)C2. The van der Waals surface area contributed by atoms with E-state index in [0.29, 0.717) is 34.0 Å². The van der Waals surface area contributed by atoms with Crippen molar-refractivity contribution < 1.29 is 27.8 Å². The smallest absolute Gasteiger partial charge is 0.341 e. The van der Waals surface area contributed by atoms with Crippen molar-refractivity contribution in [1.29, 1.82) is 0 Å². The van der Waals surface area contributed by atoms with Gasteiger partial charge in [0.05, 0.1) is 17.9 Å². The van der Waals surface area contributed by atoms with Crippen molar-refractivity contribution in [3.05, 3.63) is 51.7 Å². The fraction of sp³-hybridized carbons (Fsp3) is 0.462. The van der Waals surface area contributed by atoms with Gasteiger partial charge < -0.3 is 19.4 Å². The van der Waals surface area contributed by atoms with Gasteiger partial charge in [-0.1, -0.05) is 18.7 Å². The topological polar surface area (TPSA) is 95.3 Å². The molecule has 0 radical (unpaired) electrons. The molecule has 3 aromatic rings. The number of hydrogen-bond donors (Lipinski definition) is 1. The zero-order valence-corrected chi connectivity index (χ0v) is 23.3. The van der Waals surface area contributed by atoms with Crippen LogP contribution in [0.1, 0.15) is 66.8 Å². The number of fused-ring (bicyclic) bond motifs is 1. The number of nitrogens with one attached hydrogen (secondary N) is 1. The highest BCUT2D eigenvalue weighted by molar-refractivity contribution is 7.99. The molecule has 2 unspecified atom stereocenters. The molecule has 1 aromatic carbocycles. The standard InChI is InChI=1S/C26H30F2N4O4S2/c1-5-32-23(15(4)36-19-10-8-16(27)12-18(19)28)30-31-26(32)37-13-21(33)29-24-22(25(34)35-6-2)17-9-7-14(3)11-20(17)38-24/h8,10,12,14-15H,5-7,9,11,13H2,1-4H3,(H,29,33). The molecule has 0 saturated heterocycles. The number of anilines is 1. The molecule has 1 aliphatic rings. The van der Waals surface area contributed by atoms with Crippen LogP contribution in [0.4, 0.5) is 13.8 Å². The second-order valence-corrected chi connectivity index (χ2v) is 11.1. The average Bonchev–Trinajstić information content (AvgIpc) is 3.44. The van der Waals surface area contributed by atoms with E-state index in [1.54, 1.807) is 18.4 Å². The minimum absolute atomic E-state index is 0.0429. The Morgan fingerprint density at radius 3 is 2.79 bits per heavy atom. The summed E-state index contributed by atoms with van der Waals surface area (Å²) in [5.74, 6) is -1.27. The third-order valence-electron chi connectivity index (χ3n) is 6.20. The zero-order chi connectivity index (χ0) is 27.4. The van der Waals surface area contributed by atoms with Gasteiger partial charge in [-0.05, 0) is 63.6 Å². The van der Waals surface area contributed by atoms with Gasteiger partial charge in [-0.3, -0.25) is 4.79 Å². The molecule has 0 spiro atoms. The molecule has 0 bridgehead atoms. The van der Waals surface area contributed by atoms with Crippen LogP contribution in [0.5, 0.6) is 5.75 Å². The van der Waals surface area contributed by atoms with Crippen LogP contribution in [-0.4, -0.2) is 39.0 Å². The Labute approximate surface area is 228 Å². The minimum atomic E-state index is -0.808. The van der Waals surface area contributed by atoms with Gasteiger partial charge >= 0.3 is 5.97 Å². The molecule has 2 atom stereocenters. The van der Waals surface area contributed by atoms with Crippen LogP contribution in [0.3, 0.4) is 0 Å². The highest BCUT2D eigenvalue weighted by atomic mass is 32.2. The summed E-state index contributed by atoms with van der Waals surface area (Å²) in [5.41, 5.74) is 1.45. The maximum absolute atomic E-state index is 14.0. The molecular formula is C26H30F2N4O4S2. The Morgan fingerprint density at radius 1 is 1.29 bits per heavy atom. The molecule has 2 aromatic heterocycles. The first-order valence-electron chi connectivity index (χ1n) is 12.5. The number of carbonyl (C=O) groups is 2. The number of halogens is 2. The summed E-state index contributed by atoms with van der Waals surface area (Å²) < 4.78 is 40.0. The van der Waals surface area contributed by atoms with E-state index in [0.717, 1.165) is 41.8 Å². The number of hydrogen-bond acceptors (Lipinski definition) is 8. The number of rotatable bonds is 10. The predicted octanol–water partition coefficient (Wildman–Crippen LogP) is 5.81. The summed E-state index contributed by atoms with van der Waals surface area (Å²) in [6, 6.07) is 3.10. The highest BCUT2D eigenvalue weighted by Crippen LogP contribution is 2.40. The van der Waals surface area contributed by atoms with Crippen molar-refractivity contribution >= 4 is 40.0 Å². The quantitative estimate of drug-likeness (QED) is 0.245. The number of amides is 1. The van der Waals surface area contributed by atoms with Gasteiger partial charge in [0.15, 0.2) is 28.7 Å². The van der Waals surface area contributed by atoms with E-state index < -0.39 is 23.7 Å². The summed E-state index contributed by atoms with van der Waals surface area (Å²) in [7, 11) is 0. The lowest BCUT2D eigenvalue weighted by Crippen LogP contribution is -2.18. The molecule has 8 nitrogen and oxygen atoms in total.